The van der Waals surface area contributed by atoms with E-state index in [1.807, 2.05) is 0 Å². The van der Waals surface area contributed by atoms with E-state index < -0.39 is 17.9 Å². The average molecular weight is 392 g/mol. The SMILES string of the molecule is O=C(Nc1ccc2nc(C(F)(F)F)[nH]c2c1)C1CC(=O)N(Cc2ccco2)C1. The highest BCUT2D eigenvalue weighted by Gasteiger charge is 2.36. The molecule has 146 valence electrons. The lowest BCUT2D eigenvalue weighted by atomic mass is 10.1. The third-order valence-electron chi connectivity index (χ3n) is 4.53. The highest BCUT2D eigenvalue weighted by molar-refractivity contribution is 5.98. The molecule has 1 saturated heterocycles. The van der Waals surface area contributed by atoms with Crippen LogP contribution in [0.25, 0.3) is 11.0 Å². The number of anilines is 1. The quantitative estimate of drug-likeness (QED) is 0.714. The molecule has 3 heterocycles. The number of hydrogen-bond donors (Lipinski definition) is 2. The molecule has 0 radical (unpaired) electrons. The minimum Gasteiger partial charge on any atom is -0.467 e. The van der Waals surface area contributed by atoms with E-state index in [0.717, 1.165) is 0 Å². The number of benzene rings is 1. The molecule has 4 rings (SSSR count). The van der Waals surface area contributed by atoms with Gasteiger partial charge >= 0.3 is 6.18 Å². The van der Waals surface area contributed by atoms with Crippen molar-refractivity contribution in [2.45, 2.75) is 19.1 Å². The molecular formula is C18H15F3N4O3. The summed E-state index contributed by atoms with van der Waals surface area (Å²) in [6, 6.07) is 7.70. The number of aromatic nitrogens is 2. The van der Waals surface area contributed by atoms with E-state index in [0.29, 0.717) is 11.4 Å². The van der Waals surface area contributed by atoms with Crippen LogP contribution in [0.5, 0.6) is 0 Å². The number of likely N-dealkylation sites (tertiary alicyclic amines) is 1. The third-order valence-corrected chi connectivity index (χ3v) is 4.53. The Hall–Kier alpha value is -3.30. The lowest BCUT2D eigenvalue weighted by Crippen LogP contribution is -2.27. The molecule has 0 spiro atoms. The molecule has 10 heteroatoms. The van der Waals surface area contributed by atoms with Gasteiger partial charge in [0.2, 0.25) is 17.6 Å². The number of rotatable bonds is 4. The van der Waals surface area contributed by atoms with Crippen LogP contribution >= 0.6 is 0 Å². The second kappa shape index (κ2) is 6.70. The molecule has 2 N–H and O–H groups in total. The zero-order valence-electron chi connectivity index (χ0n) is 14.4. The summed E-state index contributed by atoms with van der Waals surface area (Å²) in [6.07, 6.45) is -3.00. The summed E-state index contributed by atoms with van der Waals surface area (Å²) in [5, 5.41) is 2.65. The number of halogens is 3. The van der Waals surface area contributed by atoms with Crippen molar-refractivity contribution in [1.82, 2.24) is 14.9 Å². The lowest BCUT2D eigenvalue weighted by molar-refractivity contribution is -0.144. The molecule has 1 aromatic carbocycles. The van der Waals surface area contributed by atoms with Gasteiger partial charge in [-0.05, 0) is 30.3 Å². The first-order valence-electron chi connectivity index (χ1n) is 8.47. The molecule has 1 fully saturated rings. The Morgan fingerprint density at radius 1 is 1.36 bits per heavy atom. The fourth-order valence-electron chi connectivity index (χ4n) is 3.16. The van der Waals surface area contributed by atoms with Gasteiger partial charge in [-0.1, -0.05) is 0 Å². The summed E-state index contributed by atoms with van der Waals surface area (Å²) >= 11 is 0. The summed E-state index contributed by atoms with van der Waals surface area (Å²) in [6.45, 7) is 0.534. The van der Waals surface area contributed by atoms with E-state index in [4.69, 9.17) is 4.42 Å². The number of alkyl halides is 3. The Bertz CT molecular complexity index is 1030. The summed E-state index contributed by atoms with van der Waals surface area (Å²) < 4.78 is 43.4. The van der Waals surface area contributed by atoms with Crippen LogP contribution in [0.4, 0.5) is 18.9 Å². The number of carbonyl (C=O) groups is 2. The van der Waals surface area contributed by atoms with Gasteiger partial charge in [0.05, 0.1) is 29.8 Å². The number of nitrogens with zero attached hydrogens (tertiary/aromatic N) is 2. The summed E-state index contributed by atoms with van der Waals surface area (Å²) in [5.74, 6) is -1.55. The van der Waals surface area contributed by atoms with Crippen LogP contribution in [0.3, 0.4) is 0 Å². The average Bonchev–Trinajstić information content (AvgIpc) is 3.35. The topological polar surface area (TPSA) is 91.2 Å². The van der Waals surface area contributed by atoms with Gasteiger partial charge in [0.15, 0.2) is 0 Å². The maximum Gasteiger partial charge on any atom is 0.449 e. The molecular weight excluding hydrogens is 377 g/mol. The number of hydrogen-bond acceptors (Lipinski definition) is 4. The number of nitrogens with one attached hydrogen (secondary N) is 2. The van der Waals surface area contributed by atoms with Crippen LogP contribution in [0, 0.1) is 5.92 Å². The maximum absolute atomic E-state index is 12.7. The zero-order valence-corrected chi connectivity index (χ0v) is 14.4. The van der Waals surface area contributed by atoms with Crippen molar-refractivity contribution in [2.75, 3.05) is 11.9 Å². The van der Waals surface area contributed by atoms with Crippen molar-refractivity contribution in [3.05, 3.63) is 48.2 Å². The van der Waals surface area contributed by atoms with Gasteiger partial charge in [-0.2, -0.15) is 13.2 Å². The number of furan rings is 1. The van der Waals surface area contributed by atoms with Crippen LogP contribution in [0.1, 0.15) is 18.0 Å². The number of fused-ring (bicyclic) bond motifs is 1. The second-order valence-corrected chi connectivity index (χ2v) is 6.56. The standard InChI is InChI=1S/C18H15F3N4O3/c19-18(20,21)17-23-13-4-3-11(7-14(13)24-17)22-16(27)10-6-15(26)25(8-10)9-12-2-1-5-28-12/h1-5,7,10H,6,8-9H2,(H,22,27)(H,23,24). The Labute approximate surface area is 156 Å². The molecule has 0 saturated carbocycles. The van der Waals surface area contributed by atoms with Crippen molar-refractivity contribution >= 4 is 28.5 Å². The van der Waals surface area contributed by atoms with Gasteiger partial charge in [0.1, 0.15) is 5.76 Å². The van der Waals surface area contributed by atoms with Crippen LogP contribution in [-0.4, -0.2) is 33.2 Å². The maximum atomic E-state index is 12.7. The van der Waals surface area contributed by atoms with Crippen molar-refractivity contribution < 1.29 is 27.2 Å². The van der Waals surface area contributed by atoms with Gasteiger partial charge in [0, 0.05) is 18.7 Å². The van der Waals surface area contributed by atoms with Crippen molar-refractivity contribution in [3.8, 4) is 0 Å². The van der Waals surface area contributed by atoms with E-state index in [1.165, 1.54) is 29.4 Å². The fourth-order valence-corrected chi connectivity index (χ4v) is 3.16. The van der Waals surface area contributed by atoms with Crippen LogP contribution in [0.15, 0.2) is 41.0 Å². The number of amides is 2. The Kier molecular flexibility index (Phi) is 4.33. The molecule has 1 aliphatic heterocycles. The van der Waals surface area contributed by atoms with E-state index in [9.17, 15) is 22.8 Å². The van der Waals surface area contributed by atoms with Crippen LogP contribution < -0.4 is 5.32 Å². The highest BCUT2D eigenvalue weighted by atomic mass is 19.4. The van der Waals surface area contributed by atoms with Gasteiger partial charge < -0.3 is 19.6 Å². The first-order chi connectivity index (χ1) is 13.3. The fraction of sp³-hybridized carbons (Fsp3) is 0.278. The highest BCUT2D eigenvalue weighted by Crippen LogP contribution is 2.29. The number of aromatic amines is 1. The number of H-pyrrole nitrogens is 1. The van der Waals surface area contributed by atoms with Crippen LogP contribution in [-0.2, 0) is 22.3 Å². The predicted molar refractivity (Wildman–Crippen MR) is 92.0 cm³/mol. The molecule has 2 aromatic heterocycles. The normalized spacial score (nSPS) is 17.5. The van der Waals surface area contributed by atoms with Gasteiger partial charge in [0.25, 0.3) is 0 Å². The first-order valence-corrected chi connectivity index (χ1v) is 8.47. The van der Waals surface area contributed by atoms with E-state index in [-0.39, 0.29) is 42.4 Å². The Balaban J connectivity index is 1.44. The molecule has 28 heavy (non-hydrogen) atoms. The molecule has 3 aromatic rings. The Morgan fingerprint density at radius 3 is 2.89 bits per heavy atom. The molecule has 7 nitrogen and oxygen atoms in total. The monoisotopic (exact) mass is 392 g/mol. The van der Waals surface area contributed by atoms with Crippen molar-refractivity contribution in [1.29, 1.82) is 0 Å². The largest absolute Gasteiger partial charge is 0.467 e. The van der Waals surface area contributed by atoms with Gasteiger partial charge in [-0.15, -0.1) is 0 Å². The Morgan fingerprint density at radius 2 is 2.18 bits per heavy atom. The number of carbonyl (C=O) groups excluding carboxylic acids is 2. The lowest BCUT2D eigenvalue weighted by Gasteiger charge is -2.15. The molecule has 1 aliphatic rings. The molecule has 0 aliphatic carbocycles. The molecule has 0 bridgehead atoms. The van der Waals surface area contributed by atoms with Gasteiger partial charge in [-0.3, -0.25) is 9.59 Å². The molecule has 2 amide bonds. The predicted octanol–water partition coefficient (Wildman–Crippen LogP) is 3.16. The minimum absolute atomic E-state index is 0.0665. The number of imidazole rings is 1. The summed E-state index contributed by atoms with van der Waals surface area (Å²) in [5.41, 5.74) is 0.630. The third kappa shape index (κ3) is 3.57. The van der Waals surface area contributed by atoms with E-state index >= 15 is 0 Å². The molecule has 1 atom stereocenters. The zero-order chi connectivity index (χ0) is 19.9. The van der Waals surface area contributed by atoms with Crippen LogP contribution in [0.2, 0.25) is 0 Å². The summed E-state index contributed by atoms with van der Waals surface area (Å²) in [7, 11) is 0. The van der Waals surface area contributed by atoms with E-state index in [2.05, 4.69) is 15.3 Å². The molecule has 1 unspecified atom stereocenters. The van der Waals surface area contributed by atoms with Gasteiger partial charge in [-0.25, -0.2) is 4.98 Å². The first kappa shape index (κ1) is 18.1. The van der Waals surface area contributed by atoms with Crippen molar-refractivity contribution in [3.63, 3.8) is 0 Å². The summed E-state index contributed by atoms with van der Waals surface area (Å²) in [4.78, 5) is 31.8. The second-order valence-electron chi connectivity index (χ2n) is 6.56. The minimum atomic E-state index is -4.58. The van der Waals surface area contributed by atoms with E-state index in [1.54, 1.807) is 12.1 Å². The van der Waals surface area contributed by atoms with Crippen molar-refractivity contribution in [2.24, 2.45) is 5.92 Å². The smallest absolute Gasteiger partial charge is 0.449 e.